The third-order valence-corrected chi connectivity index (χ3v) is 3.17. The lowest BCUT2D eigenvalue weighted by molar-refractivity contribution is -0.138. The number of nitrogens with zero attached hydrogens (tertiary/aromatic N) is 2. The minimum absolute atomic E-state index is 0.0517. The zero-order valence-electron chi connectivity index (χ0n) is 12.4. The highest BCUT2D eigenvalue weighted by atomic mass is 19.1. The molecule has 0 saturated heterocycles. The van der Waals surface area contributed by atoms with Crippen molar-refractivity contribution in [3.63, 3.8) is 0 Å². The van der Waals surface area contributed by atoms with Gasteiger partial charge in [-0.25, -0.2) is 9.07 Å². The Morgan fingerprint density at radius 2 is 2.00 bits per heavy atom. The van der Waals surface area contributed by atoms with E-state index in [0.717, 1.165) is 17.5 Å². The first-order valence-corrected chi connectivity index (χ1v) is 6.66. The van der Waals surface area contributed by atoms with Gasteiger partial charge < -0.3 is 10.4 Å². The Morgan fingerprint density at radius 1 is 1.32 bits per heavy atom. The van der Waals surface area contributed by atoms with Gasteiger partial charge >= 0.3 is 5.97 Å². The van der Waals surface area contributed by atoms with Crippen LogP contribution in [-0.2, 0) is 4.79 Å². The summed E-state index contributed by atoms with van der Waals surface area (Å²) in [4.78, 5) is 22.6. The van der Waals surface area contributed by atoms with Gasteiger partial charge in [0.2, 0.25) is 0 Å². The molecule has 0 aliphatic rings. The monoisotopic (exact) mass is 305 g/mol. The SMILES string of the molecule is Cc1cc(C)n(-c2ccc(C(=O)N[C@@H](C)C(=O)O)cc2F)n1. The lowest BCUT2D eigenvalue weighted by Crippen LogP contribution is -2.38. The quantitative estimate of drug-likeness (QED) is 0.902. The first-order valence-electron chi connectivity index (χ1n) is 6.66. The van der Waals surface area contributed by atoms with Crippen LogP contribution in [0.3, 0.4) is 0 Å². The molecule has 0 aliphatic heterocycles. The van der Waals surface area contributed by atoms with Crippen LogP contribution in [0.2, 0.25) is 0 Å². The predicted molar refractivity (Wildman–Crippen MR) is 77.6 cm³/mol. The zero-order valence-corrected chi connectivity index (χ0v) is 12.4. The molecule has 22 heavy (non-hydrogen) atoms. The summed E-state index contributed by atoms with van der Waals surface area (Å²) in [5, 5.41) is 15.2. The average molecular weight is 305 g/mol. The third-order valence-electron chi connectivity index (χ3n) is 3.17. The molecule has 1 aromatic heterocycles. The fraction of sp³-hybridized carbons (Fsp3) is 0.267. The number of nitrogens with one attached hydrogen (secondary N) is 1. The second kappa shape index (κ2) is 5.97. The summed E-state index contributed by atoms with van der Waals surface area (Å²) in [7, 11) is 0. The van der Waals surface area contributed by atoms with Gasteiger partial charge in [-0.05, 0) is 45.0 Å². The molecule has 0 bridgehead atoms. The molecule has 1 atom stereocenters. The van der Waals surface area contributed by atoms with Crippen LogP contribution in [0.4, 0.5) is 4.39 Å². The van der Waals surface area contributed by atoms with Crippen LogP contribution in [0.5, 0.6) is 0 Å². The van der Waals surface area contributed by atoms with Crippen molar-refractivity contribution in [2.45, 2.75) is 26.8 Å². The van der Waals surface area contributed by atoms with Crippen molar-refractivity contribution in [3.05, 3.63) is 47.0 Å². The second-order valence-electron chi connectivity index (χ2n) is 5.04. The summed E-state index contributed by atoms with van der Waals surface area (Å²) >= 11 is 0. The molecule has 1 aromatic carbocycles. The van der Waals surface area contributed by atoms with Gasteiger partial charge in [0.15, 0.2) is 0 Å². The normalized spacial score (nSPS) is 12.0. The number of hydrogen-bond acceptors (Lipinski definition) is 3. The maximum atomic E-state index is 14.2. The summed E-state index contributed by atoms with van der Waals surface area (Å²) in [6.07, 6.45) is 0. The molecule has 0 radical (unpaired) electrons. The molecule has 2 N–H and O–H groups in total. The number of carbonyl (C=O) groups is 2. The number of aromatic nitrogens is 2. The molecule has 2 rings (SSSR count). The molecule has 0 spiro atoms. The van der Waals surface area contributed by atoms with Crippen molar-refractivity contribution in [1.29, 1.82) is 0 Å². The lowest BCUT2D eigenvalue weighted by Gasteiger charge is -2.11. The van der Waals surface area contributed by atoms with E-state index in [-0.39, 0.29) is 11.3 Å². The van der Waals surface area contributed by atoms with Gasteiger partial charge in [-0.15, -0.1) is 0 Å². The van der Waals surface area contributed by atoms with Crippen molar-refractivity contribution in [1.82, 2.24) is 15.1 Å². The number of carboxylic acid groups (broad SMARTS) is 1. The van der Waals surface area contributed by atoms with E-state index in [0.29, 0.717) is 0 Å². The highest BCUT2D eigenvalue weighted by molar-refractivity contribution is 5.96. The maximum Gasteiger partial charge on any atom is 0.325 e. The summed E-state index contributed by atoms with van der Waals surface area (Å²) in [6, 6.07) is 4.70. The molecule has 1 heterocycles. The van der Waals surface area contributed by atoms with Gasteiger partial charge in [0, 0.05) is 11.3 Å². The third kappa shape index (κ3) is 3.13. The Hall–Kier alpha value is -2.70. The fourth-order valence-electron chi connectivity index (χ4n) is 2.03. The van der Waals surface area contributed by atoms with Crippen molar-refractivity contribution in [2.24, 2.45) is 0 Å². The van der Waals surface area contributed by atoms with Gasteiger partial charge in [-0.2, -0.15) is 5.10 Å². The number of amides is 1. The molecule has 7 heteroatoms. The minimum Gasteiger partial charge on any atom is -0.480 e. The molecule has 0 fully saturated rings. The number of carbonyl (C=O) groups excluding carboxylic acids is 1. The minimum atomic E-state index is -1.16. The molecule has 1 amide bonds. The molecule has 116 valence electrons. The molecule has 2 aromatic rings. The number of hydrogen-bond donors (Lipinski definition) is 2. The molecule has 0 unspecified atom stereocenters. The summed E-state index contributed by atoms with van der Waals surface area (Å²) < 4.78 is 15.7. The first-order chi connectivity index (χ1) is 10.3. The second-order valence-corrected chi connectivity index (χ2v) is 5.04. The van der Waals surface area contributed by atoms with E-state index in [9.17, 15) is 14.0 Å². The Morgan fingerprint density at radius 3 is 2.50 bits per heavy atom. The first kappa shape index (κ1) is 15.7. The molecular formula is C15H16FN3O3. The van der Waals surface area contributed by atoms with E-state index >= 15 is 0 Å². The smallest absolute Gasteiger partial charge is 0.325 e. The topological polar surface area (TPSA) is 84.2 Å². The maximum absolute atomic E-state index is 14.2. The van der Waals surface area contributed by atoms with E-state index in [1.54, 1.807) is 13.8 Å². The highest BCUT2D eigenvalue weighted by Crippen LogP contribution is 2.17. The summed E-state index contributed by atoms with van der Waals surface area (Å²) in [5.41, 5.74) is 1.81. The van der Waals surface area contributed by atoms with Crippen molar-refractivity contribution < 1.29 is 19.1 Å². The Kier molecular flexibility index (Phi) is 4.25. The van der Waals surface area contributed by atoms with Crippen molar-refractivity contribution in [2.75, 3.05) is 0 Å². The summed E-state index contributed by atoms with van der Waals surface area (Å²) in [6.45, 7) is 4.94. The number of halogens is 1. The van der Waals surface area contributed by atoms with E-state index in [2.05, 4.69) is 10.4 Å². The van der Waals surface area contributed by atoms with Crippen LogP contribution >= 0.6 is 0 Å². The van der Waals surface area contributed by atoms with Crippen LogP contribution in [0.1, 0.15) is 28.7 Å². The molecule has 0 saturated carbocycles. The van der Waals surface area contributed by atoms with Gasteiger partial charge in [0.25, 0.3) is 5.91 Å². The number of carboxylic acids is 1. The fourth-order valence-corrected chi connectivity index (χ4v) is 2.03. The Labute approximate surface area is 126 Å². The van der Waals surface area contributed by atoms with Crippen LogP contribution in [0.25, 0.3) is 5.69 Å². The van der Waals surface area contributed by atoms with E-state index in [1.807, 2.05) is 6.07 Å². The van der Waals surface area contributed by atoms with Gasteiger partial charge in [0.05, 0.1) is 5.69 Å². The lowest BCUT2D eigenvalue weighted by atomic mass is 10.1. The number of aryl methyl sites for hydroxylation is 2. The average Bonchev–Trinajstić information content (AvgIpc) is 2.77. The molecular weight excluding hydrogens is 289 g/mol. The number of benzene rings is 1. The number of rotatable bonds is 4. The summed E-state index contributed by atoms with van der Waals surface area (Å²) in [5.74, 6) is -2.41. The van der Waals surface area contributed by atoms with Crippen LogP contribution in [0.15, 0.2) is 24.3 Å². The van der Waals surface area contributed by atoms with E-state index < -0.39 is 23.7 Å². The number of aliphatic carboxylic acids is 1. The largest absolute Gasteiger partial charge is 0.480 e. The van der Waals surface area contributed by atoms with Crippen LogP contribution < -0.4 is 5.32 Å². The van der Waals surface area contributed by atoms with E-state index in [1.165, 1.54) is 23.7 Å². The zero-order chi connectivity index (χ0) is 16.4. The van der Waals surface area contributed by atoms with Gasteiger partial charge in [-0.3, -0.25) is 9.59 Å². The standard InChI is InChI=1S/C15H16FN3O3/c1-8-6-9(2)19(18-8)13-5-4-11(7-12(13)16)14(20)17-10(3)15(21)22/h4-7,10H,1-3H3,(H,17,20)(H,21,22)/t10-/m0/s1. The van der Waals surface area contributed by atoms with E-state index in [4.69, 9.17) is 5.11 Å². The van der Waals surface area contributed by atoms with Crippen molar-refractivity contribution in [3.8, 4) is 5.69 Å². The van der Waals surface area contributed by atoms with Gasteiger partial charge in [-0.1, -0.05) is 0 Å². The molecule has 0 aliphatic carbocycles. The highest BCUT2D eigenvalue weighted by Gasteiger charge is 2.17. The Bertz CT molecular complexity index is 740. The van der Waals surface area contributed by atoms with Gasteiger partial charge in [0.1, 0.15) is 17.5 Å². The van der Waals surface area contributed by atoms with Crippen molar-refractivity contribution >= 4 is 11.9 Å². The predicted octanol–water partition coefficient (Wildman–Crippen LogP) is 1.83. The van der Waals surface area contributed by atoms with Crippen LogP contribution in [0, 0.1) is 19.7 Å². The Balaban J connectivity index is 2.28. The van der Waals surface area contributed by atoms with Crippen LogP contribution in [-0.4, -0.2) is 32.8 Å². The molecule has 6 nitrogen and oxygen atoms in total.